The van der Waals surface area contributed by atoms with E-state index in [4.69, 9.17) is 0 Å². The predicted octanol–water partition coefficient (Wildman–Crippen LogP) is 2.33. The predicted molar refractivity (Wildman–Crippen MR) is 93.8 cm³/mol. The van der Waals surface area contributed by atoms with Crippen molar-refractivity contribution in [1.82, 2.24) is 14.9 Å². The highest BCUT2D eigenvalue weighted by molar-refractivity contribution is 5.79. The quantitative estimate of drug-likeness (QED) is 0.802. The monoisotopic (exact) mass is 321 g/mol. The molecule has 0 aliphatic carbocycles. The average molecular weight is 321 g/mol. The summed E-state index contributed by atoms with van der Waals surface area (Å²) in [6.45, 7) is 4.52. The zero-order valence-corrected chi connectivity index (χ0v) is 13.7. The van der Waals surface area contributed by atoms with Crippen LogP contribution >= 0.6 is 0 Å². The Morgan fingerprint density at radius 2 is 1.92 bits per heavy atom. The molecule has 3 rings (SSSR count). The van der Waals surface area contributed by atoms with Crippen molar-refractivity contribution in [1.29, 1.82) is 0 Å². The number of para-hydroxylation sites is 2. The van der Waals surface area contributed by atoms with Gasteiger partial charge in [-0.05, 0) is 42.7 Å². The number of aryl methyl sites for hydroxylation is 2. The zero-order valence-electron chi connectivity index (χ0n) is 13.7. The summed E-state index contributed by atoms with van der Waals surface area (Å²) < 4.78 is 1.44. The van der Waals surface area contributed by atoms with Crippen molar-refractivity contribution in [3.63, 3.8) is 0 Å². The number of aromatic nitrogens is 2. The molecule has 24 heavy (non-hydrogen) atoms. The Bertz CT molecular complexity index is 960. The minimum atomic E-state index is -0.282. The summed E-state index contributed by atoms with van der Waals surface area (Å²) in [5.74, 6) is -0.202. The molecule has 0 unspecified atom stereocenters. The van der Waals surface area contributed by atoms with Crippen molar-refractivity contribution in [2.75, 3.05) is 0 Å². The molecule has 5 heteroatoms. The van der Waals surface area contributed by atoms with Crippen LogP contribution in [0.2, 0.25) is 0 Å². The molecule has 0 aliphatic heterocycles. The fraction of sp³-hybridized carbons (Fsp3) is 0.211. The summed E-state index contributed by atoms with van der Waals surface area (Å²) in [6.07, 6.45) is 1.25. The van der Waals surface area contributed by atoms with Gasteiger partial charge in [0, 0.05) is 6.54 Å². The standard InChI is InChI=1S/C19H19N3O2/c1-13-7-8-15(9-14(13)2)10-21-18(23)12-22-17-6-4-3-5-16(17)20-11-19(22)24/h3-9,11H,10,12H2,1-2H3,(H,21,23). The molecule has 1 heterocycles. The molecule has 0 radical (unpaired) electrons. The van der Waals surface area contributed by atoms with Crippen LogP contribution in [-0.4, -0.2) is 15.5 Å². The van der Waals surface area contributed by atoms with Crippen LogP contribution in [-0.2, 0) is 17.9 Å². The molecular weight excluding hydrogens is 302 g/mol. The van der Waals surface area contributed by atoms with Crippen molar-refractivity contribution < 1.29 is 4.79 Å². The van der Waals surface area contributed by atoms with E-state index in [2.05, 4.69) is 23.3 Å². The fourth-order valence-corrected chi connectivity index (χ4v) is 2.59. The molecule has 3 aromatic rings. The van der Waals surface area contributed by atoms with Gasteiger partial charge in [0.2, 0.25) is 5.91 Å². The summed E-state index contributed by atoms with van der Waals surface area (Å²) >= 11 is 0. The smallest absolute Gasteiger partial charge is 0.269 e. The third-order valence-electron chi connectivity index (χ3n) is 4.12. The van der Waals surface area contributed by atoms with Crippen LogP contribution in [0.4, 0.5) is 0 Å². The molecule has 0 atom stereocenters. The van der Waals surface area contributed by atoms with Crippen molar-refractivity contribution in [2.24, 2.45) is 0 Å². The molecule has 5 nitrogen and oxygen atoms in total. The van der Waals surface area contributed by atoms with Gasteiger partial charge in [-0.3, -0.25) is 14.2 Å². The normalized spacial score (nSPS) is 10.8. The molecule has 1 amide bonds. The molecule has 0 aliphatic rings. The Balaban J connectivity index is 1.74. The SMILES string of the molecule is Cc1ccc(CNC(=O)Cn2c(=O)cnc3ccccc32)cc1C. The first-order valence-corrected chi connectivity index (χ1v) is 7.82. The molecular formula is C19H19N3O2. The van der Waals surface area contributed by atoms with Crippen LogP contribution in [0.1, 0.15) is 16.7 Å². The molecule has 0 bridgehead atoms. The molecule has 1 aromatic heterocycles. The van der Waals surface area contributed by atoms with Gasteiger partial charge in [0.05, 0.1) is 17.2 Å². The van der Waals surface area contributed by atoms with E-state index in [0.717, 1.165) is 5.56 Å². The first-order valence-electron chi connectivity index (χ1n) is 7.82. The van der Waals surface area contributed by atoms with E-state index in [1.54, 1.807) is 6.07 Å². The van der Waals surface area contributed by atoms with E-state index in [0.29, 0.717) is 17.6 Å². The van der Waals surface area contributed by atoms with Crippen LogP contribution < -0.4 is 10.9 Å². The summed E-state index contributed by atoms with van der Waals surface area (Å²) in [5.41, 5.74) is 4.52. The number of amides is 1. The second kappa shape index (κ2) is 6.66. The number of fused-ring (bicyclic) bond motifs is 1. The van der Waals surface area contributed by atoms with E-state index >= 15 is 0 Å². The number of benzene rings is 2. The molecule has 122 valence electrons. The van der Waals surface area contributed by atoms with Crippen molar-refractivity contribution in [3.8, 4) is 0 Å². The number of rotatable bonds is 4. The molecule has 1 N–H and O–H groups in total. The van der Waals surface area contributed by atoms with Gasteiger partial charge in [-0.2, -0.15) is 0 Å². The molecule has 0 spiro atoms. The average Bonchev–Trinajstić information content (AvgIpc) is 2.58. The van der Waals surface area contributed by atoms with E-state index in [1.165, 1.54) is 21.9 Å². The number of hydrogen-bond acceptors (Lipinski definition) is 3. The minimum Gasteiger partial charge on any atom is -0.350 e. The van der Waals surface area contributed by atoms with E-state index < -0.39 is 0 Å². The van der Waals surface area contributed by atoms with Crippen molar-refractivity contribution in [2.45, 2.75) is 26.9 Å². The summed E-state index contributed by atoms with van der Waals surface area (Å²) in [6, 6.07) is 13.4. The summed E-state index contributed by atoms with van der Waals surface area (Å²) in [4.78, 5) is 28.4. The third kappa shape index (κ3) is 3.35. The van der Waals surface area contributed by atoms with Gasteiger partial charge in [0.1, 0.15) is 6.54 Å². The number of nitrogens with zero attached hydrogens (tertiary/aromatic N) is 2. The zero-order chi connectivity index (χ0) is 17.1. The topological polar surface area (TPSA) is 64.0 Å². The van der Waals surface area contributed by atoms with E-state index in [-0.39, 0.29) is 18.0 Å². The Kier molecular flexibility index (Phi) is 4.42. The number of carbonyl (C=O) groups is 1. The third-order valence-corrected chi connectivity index (χ3v) is 4.12. The highest BCUT2D eigenvalue weighted by Gasteiger charge is 2.08. The maximum absolute atomic E-state index is 12.2. The second-order valence-corrected chi connectivity index (χ2v) is 5.87. The van der Waals surface area contributed by atoms with Gasteiger partial charge in [0.25, 0.3) is 5.56 Å². The molecule has 0 saturated heterocycles. The summed E-state index contributed by atoms with van der Waals surface area (Å²) in [7, 11) is 0. The van der Waals surface area contributed by atoms with Crippen LogP contribution in [0.3, 0.4) is 0 Å². The molecule has 0 saturated carbocycles. The fourth-order valence-electron chi connectivity index (χ4n) is 2.59. The first-order chi connectivity index (χ1) is 11.5. The van der Waals surface area contributed by atoms with Crippen LogP contribution in [0.15, 0.2) is 53.5 Å². The maximum Gasteiger partial charge on any atom is 0.269 e. The largest absolute Gasteiger partial charge is 0.350 e. The first kappa shape index (κ1) is 15.9. The lowest BCUT2D eigenvalue weighted by atomic mass is 10.1. The lowest BCUT2D eigenvalue weighted by molar-refractivity contribution is -0.121. The van der Waals surface area contributed by atoms with E-state index in [1.807, 2.05) is 37.3 Å². The second-order valence-electron chi connectivity index (χ2n) is 5.87. The minimum absolute atomic E-state index is 0.0211. The van der Waals surface area contributed by atoms with E-state index in [9.17, 15) is 9.59 Å². The van der Waals surface area contributed by atoms with Crippen LogP contribution in [0.5, 0.6) is 0 Å². The Morgan fingerprint density at radius 1 is 1.12 bits per heavy atom. The lowest BCUT2D eigenvalue weighted by Crippen LogP contribution is -2.32. The van der Waals surface area contributed by atoms with Gasteiger partial charge in [0.15, 0.2) is 0 Å². The van der Waals surface area contributed by atoms with Gasteiger partial charge < -0.3 is 5.32 Å². The van der Waals surface area contributed by atoms with Crippen molar-refractivity contribution >= 4 is 16.9 Å². The highest BCUT2D eigenvalue weighted by Crippen LogP contribution is 2.10. The highest BCUT2D eigenvalue weighted by atomic mass is 16.2. The number of carbonyl (C=O) groups excluding carboxylic acids is 1. The van der Waals surface area contributed by atoms with Gasteiger partial charge >= 0.3 is 0 Å². The Labute approximate surface area is 140 Å². The van der Waals surface area contributed by atoms with Gasteiger partial charge in [-0.25, -0.2) is 4.98 Å². The number of hydrogen-bond donors (Lipinski definition) is 1. The van der Waals surface area contributed by atoms with Crippen LogP contribution in [0, 0.1) is 13.8 Å². The Hall–Kier alpha value is -2.95. The lowest BCUT2D eigenvalue weighted by Gasteiger charge is -2.11. The van der Waals surface area contributed by atoms with Gasteiger partial charge in [-0.15, -0.1) is 0 Å². The molecule has 2 aromatic carbocycles. The summed E-state index contributed by atoms with van der Waals surface area (Å²) in [5, 5.41) is 2.87. The van der Waals surface area contributed by atoms with Crippen molar-refractivity contribution in [3.05, 3.63) is 75.7 Å². The number of nitrogens with one attached hydrogen (secondary N) is 1. The van der Waals surface area contributed by atoms with Gasteiger partial charge in [-0.1, -0.05) is 30.3 Å². The Morgan fingerprint density at radius 3 is 2.71 bits per heavy atom. The van der Waals surface area contributed by atoms with Crippen LogP contribution in [0.25, 0.3) is 11.0 Å². The molecule has 0 fully saturated rings. The maximum atomic E-state index is 12.2.